The predicted molar refractivity (Wildman–Crippen MR) is 74.8 cm³/mol. The summed E-state index contributed by atoms with van der Waals surface area (Å²) in [4.78, 5) is 15.2. The Morgan fingerprint density at radius 2 is 2.10 bits per heavy atom. The van der Waals surface area contributed by atoms with E-state index in [9.17, 15) is 4.79 Å². The Morgan fingerprint density at radius 3 is 2.70 bits per heavy atom. The number of esters is 1. The van der Waals surface area contributed by atoms with Crippen LogP contribution >= 0.6 is 0 Å². The number of carbonyl (C=O) groups excluding carboxylic acids is 1. The molecule has 0 saturated heterocycles. The number of hydrogen-bond acceptors (Lipinski definition) is 5. The SMILES string of the molecule is CCNC(C)c1ccc(-n2cnc(C(=O)OC)n2)cc1. The van der Waals surface area contributed by atoms with Gasteiger partial charge in [0.15, 0.2) is 0 Å². The van der Waals surface area contributed by atoms with Crippen molar-refractivity contribution in [3.05, 3.63) is 42.0 Å². The first kappa shape index (κ1) is 14.2. The molecule has 6 nitrogen and oxygen atoms in total. The molecule has 0 amide bonds. The van der Waals surface area contributed by atoms with Crippen molar-refractivity contribution in [3.8, 4) is 5.69 Å². The van der Waals surface area contributed by atoms with Crippen molar-refractivity contribution in [1.29, 1.82) is 0 Å². The minimum atomic E-state index is -0.541. The summed E-state index contributed by atoms with van der Waals surface area (Å²) in [5.41, 5.74) is 2.05. The van der Waals surface area contributed by atoms with E-state index in [1.54, 1.807) is 4.68 Å². The Morgan fingerprint density at radius 1 is 1.40 bits per heavy atom. The van der Waals surface area contributed by atoms with Gasteiger partial charge in [0.2, 0.25) is 0 Å². The zero-order valence-electron chi connectivity index (χ0n) is 11.8. The summed E-state index contributed by atoms with van der Waals surface area (Å²) in [5.74, 6) is -0.487. The summed E-state index contributed by atoms with van der Waals surface area (Å²) in [5, 5.41) is 7.43. The lowest BCUT2D eigenvalue weighted by Gasteiger charge is -2.12. The van der Waals surface area contributed by atoms with Crippen LogP contribution < -0.4 is 5.32 Å². The van der Waals surface area contributed by atoms with Gasteiger partial charge in [0.1, 0.15) is 6.33 Å². The molecule has 0 spiro atoms. The van der Waals surface area contributed by atoms with Crippen LogP contribution in [0.2, 0.25) is 0 Å². The molecule has 6 heteroatoms. The van der Waals surface area contributed by atoms with Crippen LogP contribution in [0.1, 0.15) is 36.1 Å². The monoisotopic (exact) mass is 274 g/mol. The van der Waals surface area contributed by atoms with Gasteiger partial charge in [0.25, 0.3) is 5.82 Å². The van der Waals surface area contributed by atoms with Crippen molar-refractivity contribution < 1.29 is 9.53 Å². The second-order valence-corrected chi connectivity index (χ2v) is 4.38. The molecule has 1 heterocycles. The first-order valence-electron chi connectivity index (χ1n) is 6.49. The maximum Gasteiger partial charge on any atom is 0.377 e. The molecule has 1 aromatic carbocycles. The van der Waals surface area contributed by atoms with E-state index in [-0.39, 0.29) is 5.82 Å². The van der Waals surface area contributed by atoms with Crippen LogP contribution in [-0.2, 0) is 4.74 Å². The first-order valence-corrected chi connectivity index (χ1v) is 6.49. The number of benzene rings is 1. The molecule has 0 radical (unpaired) electrons. The van der Waals surface area contributed by atoms with Crippen LogP contribution in [0, 0.1) is 0 Å². The Hall–Kier alpha value is -2.21. The number of methoxy groups -OCH3 is 1. The van der Waals surface area contributed by atoms with Gasteiger partial charge in [-0.1, -0.05) is 19.1 Å². The lowest BCUT2D eigenvalue weighted by Crippen LogP contribution is -2.17. The van der Waals surface area contributed by atoms with E-state index in [4.69, 9.17) is 0 Å². The fraction of sp³-hybridized carbons (Fsp3) is 0.357. The third kappa shape index (κ3) is 3.03. The van der Waals surface area contributed by atoms with Crippen molar-refractivity contribution in [2.24, 2.45) is 0 Å². The Balaban J connectivity index is 2.17. The van der Waals surface area contributed by atoms with E-state index < -0.39 is 5.97 Å². The van der Waals surface area contributed by atoms with Crippen molar-refractivity contribution in [3.63, 3.8) is 0 Å². The van der Waals surface area contributed by atoms with E-state index >= 15 is 0 Å². The number of aromatic nitrogens is 3. The molecule has 106 valence electrons. The van der Waals surface area contributed by atoms with Crippen LogP contribution in [0.25, 0.3) is 5.69 Å². The van der Waals surface area contributed by atoms with Crippen LogP contribution in [0.15, 0.2) is 30.6 Å². The number of nitrogens with one attached hydrogen (secondary N) is 1. The predicted octanol–water partition coefficient (Wildman–Crippen LogP) is 1.72. The van der Waals surface area contributed by atoms with Crippen LogP contribution in [-0.4, -0.2) is 34.4 Å². The molecule has 0 bridgehead atoms. The molecular formula is C14H18N4O2. The maximum absolute atomic E-state index is 11.3. The molecule has 1 unspecified atom stereocenters. The molecule has 0 saturated carbocycles. The maximum atomic E-state index is 11.3. The highest BCUT2D eigenvalue weighted by Gasteiger charge is 2.12. The fourth-order valence-electron chi connectivity index (χ4n) is 1.91. The highest BCUT2D eigenvalue weighted by molar-refractivity contribution is 5.84. The zero-order chi connectivity index (χ0) is 14.5. The van der Waals surface area contributed by atoms with Crippen molar-refractivity contribution in [2.75, 3.05) is 13.7 Å². The van der Waals surface area contributed by atoms with Gasteiger partial charge in [-0.2, -0.15) is 0 Å². The minimum absolute atomic E-state index is 0.0533. The Kier molecular flexibility index (Phi) is 4.47. The van der Waals surface area contributed by atoms with Gasteiger partial charge in [0.05, 0.1) is 12.8 Å². The summed E-state index contributed by atoms with van der Waals surface area (Å²) in [7, 11) is 1.31. The number of carbonyl (C=O) groups is 1. The average molecular weight is 274 g/mol. The van der Waals surface area contributed by atoms with E-state index in [1.807, 2.05) is 24.3 Å². The molecule has 0 aliphatic carbocycles. The van der Waals surface area contributed by atoms with E-state index in [0.29, 0.717) is 6.04 Å². The fourth-order valence-corrected chi connectivity index (χ4v) is 1.91. The second kappa shape index (κ2) is 6.29. The molecule has 1 atom stereocenters. The Labute approximate surface area is 117 Å². The molecule has 2 aromatic rings. The van der Waals surface area contributed by atoms with Crippen molar-refractivity contribution in [2.45, 2.75) is 19.9 Å². The van der Waals surface area contributed by atoms with Gasteiger partial charge in [0, 0.05) is 6.04 Å². The Bertz CT molecular complexity index is 577. The van der Waals surface area contributed by atoms with Crippen LogP contribution in [0.3, 0.4) is 0 Å². The van der Waals surface area contributed by atoms with Gasteiger partial charge in [-0.05, 0) is 31.2 Å². The molecule has 0 fully saturated rings. The highest BCUT2D eigenvalue weighted by atomic mass is 16.5. The summed E-state index contributed by atoms with van der Waals surface area (Å²) in [6, 6.07) is 8.25. The lowest BCUT2D eigenvalue weighted by molar-refractivity contribution is 0.0587. The first-order chi connectivity index (χ1) is 9.65. The normalized spacial score (nSPS) is 12.2. The highest BCUT2D eigenvalue weighted by Crippen LogP contribution is 2.15. The van der Waals surface area contributed by atoms with E-state index in [0.717, 1.165) is 12.2 Å². The average Bonchev–Trinajstić information content (AvgIpc) is 2.96. The van der Waals surface area contributed by atoms with Crippen LogP contribution in [0.5, 0.6) is 0 Å². The zero-order valence-corrected chi connectivity index (χ0v) is 11.8. The van der Waals surface area contributed by atoms with Gasteiger partial charge in [-0.15, -0.1) is 5.10 Å². The van der Waals surface area contributed by atoms with E-state index in [2.05, 4.69) is 34.0 Å². The van der Waals surface area contributed by atoms with Gasteiger partial charge >= 0.3 is 5.97 Å². The van der Waals surface area contributed by atoms with Gasteiger partial charge in [-0.25, -0.2) is 14.5 Å². The molecule has 2 rings (SSSR count). The number of hydrogen-bond donors (Lipinski definition) is 1. The molecule has 1 aromatic heterocycles. The molecular weight excluding hydrogens is 256 g/mol. The summed E-state index contributed by atoms with van der Waals surface area (Å²) in [6.45, 7) is 5.12. The molecule has 20 heavy (non-hydrogen) atoms. The third-order valence-electron chi connectivity index (χ3n) is 3.03. The summed E-state index contributed by atoms with van der Waals surface area (Å²) in [6.07, 6.45) is 1.50. The molecule has 0 aliphatic heterocycles. The van der Waals surface area contributed by atoms with Crippen LogP contribution in [0.4, 0.5) is 0 Å². The number of rotatable bonds is 5. The molecule has 1 N–H and O–H groups in total. The number of ether oxygens (including phenoxy) is 1. The minimum Gasteiger partial charge on any atom is -0.463 e. The third-order valence-corrected chi connectivity index (χ3v) is 3.03. The largest absolute Gasteiger partial charge is 0.463 e. The quantitative estimate of drug-likeness (QED) is 0.841. The number of nitrogens with zero attached hydrogens (tertiary/aromatic N) is 3. The van der Waals surface area contributed by atoms with Gasteiger partial charge in [-0.3, -0.25) is 0 Å². The van der Waals surface area contributed by atoms with Gasteiger partial charge < -0.3 is 10.1 Å². The second-order valence-electron chi connectivity index (χ2n) is 4.38. The summed E-state index contributed by atoms with van der Waals surface area (Å²) < 4.78 is 6.13. The van der Waals surface area contributed by atoms with E-state index in [1.165, 1.54) is 19.0 Å². The van der Waals surface area contributed by atoms with Crippen molar-refractivity contribution >= 4 is 5.97 Å². The summed E-state index contributed by atoms with van der Waals surface area (Å²) >= 11 is 0. The standard InChI is InChI=1S/C14H18N4O2/c1-4-15-10(2)11-5-7-12(8-6-11)18-9-16-13(17-18)14(19)20-3/h5-10,15H,4H2,1-3H3. The lowest BCUT2D eigenvalue weighted by atomic mass is 10.1. The van der Waals surface area contributed by atoms with Crippen molar-refractivity contribution in [1.82, 2.24) is 20.1 Å². The topological polar surface area (TPSA) is 69.0 Å². The smallest absolute Gasteiger partial charge is 0.377 e. The molecule has 0 aliphatic rings.